The van der Waals surface area contributed by atoms with Crippen LogP contribution in [0, 0.1) is 5.92 Å². The Labute approximate surface area is 106 Å². The van der Waals surface area contributed by atoms with Gasteiger partial charge in [0.2, 0.25) is 0 Å². The van der Waals surface area contributed by atoms with Crippen LogP contribution in [0.2, 0.25) is 5.02 Å². The molecule has 1 aromatic heterocycles. The quantitative estimate of drug-likeness (QED) is 0.833. The highest BCUT2D eigenvalue weighted by Gasteiger charge is 2.12. The van der Waals surface area contributed by atoms with Crippen LogP contribution in [0.1, 0.15) is 20.3 Å². The molecule has 3 N–H and O–H groups in total. The molecule has 0 aliphatic carbocycles. The van der Waals surface area contributed by atoms with Crippen molar-refractivity contribution in [2.75, 3.05) is 18.5 Å². The van der Waals surface area contributed by atoms with E-state index in [2.05, 4.69) is 24.0 Å². The van der Waals surface area contributed by atoms with Crippen molar-refractivity contribution in [1.82, 2.24) is 10.2 Å². The fraction of sp³-hybridized carbons (Fsp3) is 0.636. The summed E-state index contributed by atoms with van der Waals surface area (Å²) in [5.41, 5.74) is 6.23. The molecule has 1 rings (SSSR count). The number of anilines is 1. The Morgan fingerprint density at radius 1 is 1.59 bits per heavy atom. The van der Waals surface area contributed by atoms with E-state index in [-0.39, 0.29) is 16.6 Å². The van der Waals surface area contributed by atoms with E-state index < -0.39 is 0 Å². The SMILES string of the molecule is CC(C)C(N)CCN(C)c1cn[nH]c(=O)c1Cl. The molecule has 0 fully saturated rings. The van der Waals surface area contributed by atoms with Crippen molar-refractivity contribution in [3.63, 3.8) is 0 Å². The maximum atomic E-state index is 11.3. The molecule has 1 aromatic rings. The normalized spacial score (nSPS) is 12.8. The highest BCUT2D eigenvalue weighted by molar-refractivity contribution is 6.32. The van der Waals surface area contributed by atoms with Crippen LogP contribution in [-0.2, 0) is 0 Å². The van der Waals surface area contributed by atoms with Gasteiger partial charge in [-0.3, -0.25) is 4.79 Å². The van der Waals surface area contributed by atoms with E-state index in [4.69, 9.17) is 17.3 Å². The van der Waals surface area contributed by atoms with E-state index in [0.29, 0.717) is 11.6 Å². The van der Waals surface area contributed by atoms with Gasteiger partial charge >= 0.3 is 0 Å². The zero-order valence-electron chi connectivity index (χ0n) is 10.4. The molecule has 6 heteroatoms. The first-order chi connectivity index (χ1) is 7.93. The number of aromatic amines is 1. The second-order valence-corrected chi connectivity index (χ2v) is 4.89. The van der Waals surface area contributed by atoms with Gasteiger partial charge in [-0.05, 0) is 12.3 Å². The summed E-state index contributed by atoms with van der Waals surface area (Å²) in [6.07, 6.45) is 2.39. The average Bonchev–Trinajstić information content (AvgIpc) is 2.29. The Bertz CT molecular complexity index is 418. The van der Waals surface area contributed by atoms with E-state index in [9.17, 15) is 4.79 Å². The van der Waals surface area contributed by atoms with Gasteiger partial charge in [0.05, 0.1) is 11.9 Å². The lowest BCUT2D eigenvalue weighted by Crippen LogP contribution is -2.32. The molecule has 0 bridgehead atoms. The van der Waals surface area contributed by atoms with E-state index >= 15 is 0 Å². The summed E-state index contributed by atoms with van der Waals surface area (Å²) in [4.78, 5) is 13.2. The Balaban J connectivity index is 2.67. The van der Waals surface area contributed by atoms with Crippen LogP contribution in [0.15, 0.2) is 11.0 Å². The minimum Gasteiger partial charge on any atom is -0.372 e. The molecule has 0 saturated carbocycles. The first kappa shape index (κ1) is 14.0. The second-order valence-electron chi connectivity index (χ2n) is 4.52. The molecule has 0 spiro atoms. The van der Waals surface area contributed by atoms with E-state index in [0.717, 1.165) is 13.0 Å². The molecule has 1 atom stereocenters. The number of halogens is 1. The predicted octanol–water partition coefficient (Wildman–Crippen LogP) is 1.23. The van der Waals surface area contributed by atoms with Crippen molar-refractivity contribution in [2.24, 2.45) is 11.7 Å². The summed E-state index contributed by atoms with van der Waals surface area (Å²) in [5, 5.41) is 6.19. The third-order valence-electron chi connectivity index (χ3n) is 2.84. The summed E-state index contributed by atoms with van der Waals surface area (Å²) in [6.45, 7) is 4.92. The van der Waals surface area contributed by atoms with Crippen molar-refractivity contribution in [1.29, 1.82) is 0 Å². The smallest absolute Gasteiger partial charge is 0.285 e. The third kappa shape index (κ3) is 3.71. The van der Waals surface area contributed by atoms with Gasteiger partial charge in [0, 0.05) is 19.6 Å². The van der Waals surface area contributed by atoms with Gasteiger partial charge in [-0.1, -0.05) is 25.4 Å². The number of nitrogens with zero attached hydrogens (tertiary/aromatic N) is 2. The van der Waals surface area contributed by atoms with Gasteiger partial charge in [0.15, 0.2) is 0 Å². The third-order valence-corrected chi connectivity index (χ3v) is 3.21. The molecule has 0 amide bonds. The lowest BCUT2D eigenvalue weighted by Gasteiger charge is -2.23. The topological polar surface area (TPSA) is 75.0 Å². The average molecular weight is 259 g/mol. The van der Waals surface area contributed by atoms with Crippen LogP contribution in [0.5, 0.6) is 0 Å². The minimum absolute atomic E-state index is 0.145. The predicted molar refractivity (Wildman–Crippen MR) is 70.6 cm³/mol. The Kier molecular flexibility index (Phi) is 4.96. The number of nitrogens with one attached hydrogen (secondary N) is 1. The van der Waals surface area contributed by atoms with Gasteiger partial charge in [-0.15, -0.1) is 0 Å². The van der Waals surface area contributed by atoms with Gasteiger partial charge < -0.3 is 10.6 Å². The van der Waals surface area contributed by atoms with Crippen molar-refractivity contribution in [3.8, 4) is 0 Å². The number of H-pyrrole nitrogens is 1. The largest absolute Gasteiger partial charge is 0.372 e. The first-order valence-electron chi connectivity index (χ1n) is 5.63. The number of nitrogens with two attached hydrogens (primary N) is 1. The minimum atomic E-state index is -0.371. The lowest BCUT2D eigenvalue weighted by molar-refractivity contribution is 0.466. The van der Waals surface area contributed by atoms with Crippen LogP contribution < -0.4 is 16.2 Å². The molecular formula is C11H19ClN4O. The number of rotatable bonds is 5. The molecule has 17 heavy (non-hydrogen) atoms. The fourth-order valence-electron chi connectivity index (χ4n) is 1.44. The molecule has 0 saturated heterocycles. The number of aromatic nitrogens is 2. The van der Waals surface area contributed by atoms with Crippen LogP contribution in [0.3, 0.4) is 0 Å². The Hall–Kier alpha value is -1.07. The first-order valence-corrected chi connectivity index (χ1v) is 6.01. The molecule has 0 radical (unpaired) electrons. The van der Waals surface area contributed by atoms with Crippen molar-refractivity contribution < 1.29 is 0 Å². The van der Waals surface area contributed by atoms with Gasteiger partial charge in [-0.25, -0.2) is 5.10 Å². The van der Waals surface area contributed by atoms with Gasteiger partial charge in [0.1, 0.15) is 5.02 Å². The maximum absolute atomic E-state index is 11.3. The monoisotopic (exact) mass is 258 g/mol. The number of hydrogen-bond acceptors (Lipinski definition) is 4. The molecule has 0 aliphatic rings. The van der Waals surface area contributed by atoms with Crippen molar-refractivity contribution in [3.05, 3.63) is 21.6 Å². The number of hydrogen-bond donors (Lipinski definition) is 2. The standard InChI is InChI=1S/C11H19ClN4O/c1-7(2)8(13)4-5-16(3)9-6-14-15-11(17)10(9)12/h6-8H,4-5,13H2,1-3H3,(H,15,17). The zero-order chi connectivity index (χ0) is 13.0. The highest BCUT2D eigenvalue weighted by Crippen LogP contribution is 2.19. The second kappa shape index (κ2) is 6.02. The molecule has 0 aliphatic heterocycles. The Morgan fingerprint density at radius 3 is 2.82 bits per heavy atom. The van der Waals surface area contributed by atoms with Crippen LogP contribution >= 0.6 is 11.6 Å². The molecule has 1 heterocycles. The van der Waals surface area contributed by atoms with Crippen molar-refractivity contribution >= 4 is 17.3 Å². The molecule has 5 nitrogen and oxygen atoms in total. The molecule has 0 aromatic carbocycles. The lowest BCUT2D eigenvalue weighted by atomic mass is 10.0. The Morgan fingerprint density at radius 2 is 2.24 bits per heavy atom. The summed E-state index contributed by atoms with van der Waals surface area (Å²) in [5.74, 6) is 0.441. The molecule has 96 valence electrons. The van der Waals surface area contributed by atoms with Crippen molar-refractivity contribution in [2.45, 2.75) is 26.3 Å². The summed E-state index contributed by atoms with van der Waals surface area (Å²) < 4.78 is 0. The molecule has 1 unspecified atom stereocenters. The summed E-state index contributed by atoms with van der Waals surface area (Å²) in [7, 11) is 1.87. The zero-order valence-corrected chi connectivity index (χ0v) is 11.2. The maximum Gasteiger partial charge on any atom is 0.285 e. The fourth-order valence-corrected chi connectivity index (χ4v) is 1.67. The van der Waals surface area contributed by atoms with E-state index in [1.165, 1.54) is 0 Å². The highest BCUT2D eigenvalue weighted by atomic mass is 35.5. The van der Waals surface area contributed by atoms with E-state index in [1.54, 1.807) is 6.20 Å². The van der Waals surface area contributed by atoms with Crippen LogP contribution in [0.25, 0.3) is 0 Å². The molecular weight excluding hydrogens is 240 g/mol. The van der Waals surface area contributed by atoms with Gasteiger partial charge in [-0.2, -0.15) is 5.10 Å². The summed E-state index contributed by atoms with van der Waals surface area (Å²) >= 11 is 5.91. The summed E-state index contributed by atoms with van der Waals surface area (Å²) in [6, 6.07) is 0.145. The van der Waals surface area contributed by atoms with Crippen LogP contribution in [-0.4, -0.2) is 29.8 Å². The van der Waals surface area contributed by atoms with Gasteiger partial charge in [0.25, 0.3) is 5.56 Å². The van der Waals surface area contributed by atoms with Crippen LogP contribution in [0.4, 0.5) is 5.69 Å². The van der Waals surface area contributed by atoms with E-state index in [1.807, 2.05) is 11.9 Å².